The molecule has 0 radical (unpaired) electrons. The summed E-state index contributed by atoms with van der Waals surface area (Å²) in [6, 6.07) is 2.16. The first kappa shape index (κ1) is 27.5. The van der Waals surface area contributed by atoms with E-state index in [0.29, 0.717) is 55.4 Å². The molecule has 1 aromatic carbocycles. The Bertz CT molecular complexity index is 1410. The molecule has 0 bridgehead atoms. The van der Waals surface area contributed by atoms with Crippen LogP contribution in [0, 0.1) is 11.6 Å². The largest absolute Gasteiger partial charge is 0.494 e. The minimum absolute atomic E-state index is 0.0149. The van der Waals surface area contributed by atoms with Crippen molar-refractivity contribution in [2.24, 2.45) is 0 Å². The third-order valence-electron chi connectivity index (χ3n) is 7.04. The van der Waals surface area contributed by atoms with E-state index in [1.54, 1.807) is 13.3 Å². The van der Waals surface area contributed by atoms with Gasteiger partial charge in [0.15, 0.2) is 29.0 Å². The van der Waals surface area contributed by atoms with E-state index in [9.17, 15) is 4.79 Å². The van der Waals surface area contributed by atoms with E-state index < -0.39 is 11.6 Å². The Kier molecular flexibility index (Phi) is 7.94. The number of ether oxygens (including phenoxy) is 4. The second-order valence-electron chi connectivity index (χ2n) is 9.44. The Balaban J connectivity index is 1.57. The molecule has 2 aliphatic rings. The highest BCUT2D eigenvalue weighted by Gasteiger charge is 2.32. The van der Waals surface area contributed by atoms with E-state index in [2.05, 4.69) is 27.2 Å². The molecule has 2 fully saturated rings. The molecule has 0 spiro atoms. The van der Waals surface area contributed by atoms with Crippen LogP contribution in [0.3, 0.4) is 0 Å². The molecular weight excluding hydrogens is 526 g/mol. The molecule has 0 saturated carbocycles. The predicted octanol–water partition coefficient (Wildman–Crippen LogP) is 2.69. The van der Waals surface area contributed by atoms with Crippen LogP contribution in [0.25, 0.3) is 22.2 Å². The zero-order valence-corrected chi connectivity index (χ0v) is 22.4. The van der Waals surface area contributed by atoms with Crippen LogP contribution in [0.4, 0.5) is 20.5 Å². The summed E-state index contributed by atoms with van der Waals surface area (Å²) >= 11 is 0. The maximum Gasteiger partial charge on any atom is 0.243 e. The summed E-state index contributed by atoms with van der Waals surface area (Å²) in [7, 11) is 4.20. The predicted molar refractivity (Wildman–Crippen MR) is 144 cm³/mol. The Morgan fingerprint density at radius 1 is 1.12 bits per heavy atom. The molecule has 5 rings (SSSR count). The highest BCUT2D eigenvalue weighted by atomic mass is 19.1. The van der Waals surface area contributed by atoms with Gasteiger partial charge in [0.05, 0.1) is 50.3 Å². The molecule has 40 heavy (non-hydrogen) atoms. The molecule has 2 aromatic heterocycles. The lowest BCUT2D eigenvalue weighted by Crippen LogP contribution is -2.52. The number of halogens is 2. The van der Waals surface area contributed by atoms with Gasteiger partial charge in [-0.25, -0.2) is 23.7 Å². The Hall–Kier alpha value is -4.10. The van der Waals surface area contributed by atoms with Gasteiger partial charge in [-0.05, 0) is 18.6 Å². The van der Waals surface area contributed by atoms with Crippen molar-refractivity contribution < 1.29 is 32.5 Å². The van der Waals surface area contributed by atoms with Gasteiger partial charge < -0.3 is 34.5 Å². The number of hydrogen-bond donors (Lipinski definition) is 2. The van der Waals surface area contributed by atoms with Gasteiger partial charge in [0.1, 0.15) is 5.52 Å². The van der Waals surface area contributed by atoms with Crippen LogP contribution < -0.4 is 25.0 Å². The highest BCUT2D eigenvalue weighted by molar-refractivity contribution is 5.92. The third kappa shape index (κ3) is 5.21. The fourth-order valence-electron chi connectivity index (χ4n) is 4.77. The number of aromatic nitrogens is 3. The van der Waals surface area contributed by atoms with Gasteiger partial charge in [-0.2, -0.15) is 0 Å². The van der Waals surface area contributed by atoms with Crippen LogP contribution >= 0.6 is 0 Å². The Labute approximate surface area is 229 Å². The van der Waals surface area contributed by atoms with Gasteiger partial charge in [-0.1, -0.05) is 6.58 Å². The second-order valence-corrected chi connectivity index (χ2v) is 9.44. The number of methoxy groups -OCH3 is 3. The van der Waals surface area contributed by atoms with Crippen molar-refractivity contribution >= 4 is 28.6 Å². The number of nitrogens with zero attached hydrogens (tertiary/aromatic N) is 4. The van der Waals surface area contributed by atoms with E-state index in [1.807, 2.05) is 4.90 Å². The zero-order valence-electron chi connectivity index (χ0n) is 22.4. The van der Waals surface area contributed by atoms with Crippen LogP contribution in [0.5, 0.6) is 11.5 Å². The summed E-state index contributed by atoms with van der Waals surface area (Å²) in [6.45, 7) is 5.40. The van der Waals surface area contributed by atoms with Crippen LogP contribution in [0.15, 0.2) is 31.0 Å². The van der Waals surface area contributed by atoms with Crippen molar-refractivity contribution in [3.05, 3.63) is 42.6 Å². The van der Waals surface area contributed by atoms with Crippen LogP contribution in [0.1, 0.15) is 6.42 Å². The number of fused-ring (bicyclic) bond motifs is 1. The van der Waals surface area contributed by atoms with Crippen molar-refractivity contribution in [1.29, 1.82) is 0 Å². The first-order valence-electron chi connectivity index (χ1n) is 12.7. The van der Waals surface area contributed by atoms with Crippen LogP contribution in [0.2, 0.25) is 0 Å². The summed E-state index contributed by atoms with van der Waals surface area (Å²) in [5.41, 5.74) is 0.133. The number of nitrogens with one attached hydrogen (secondary N) is 2. The number of amides is 1. The van der Waals surface area contributed by atoms with Crippen molar-refractivity contribution in [3.63, 3.8) is 0 Å². The van der Waals surface area contributed by atoms with Crippen LogP contribution in [-0.4, -0.2) is 86.7 Å². The summed E-state index contributed by atoms with van der Waals surface area (Å²) in [5.74, 6) is -1.73. The van der Waals surface area contributed by atoms with E-state index in [0.717, 1.165) is 6.07 Å². The standard InChI is InChI=1S/C27H30F2N6O5/c1-5-21(36)31-16-6-7-40-13-18(16)33-27-30-10-14-8-17(22-23(28)19(38-3)9-20(39-4)24(22)29)32-26(25(14)34-27)35-11-15(12-35)37-2/h5,8-10,15-16,18H,1,6-7,11-13H2,2-4H3,(H,31,36)(H,30,33,34)/t16-,18+/m0/s1. The van der Waals surface area contributed by atoms with E-state index in [1.165, 1.54) is 26.4 Å². The van der Waals surface area contributed by atoms with Gasteiger partial charge >= 0.3 is 0 Å². The first-order valence-corrected chi connectivity index (χ1v) is 12.7. The lowest BCUT2D eigenvalue weighted by molar-refractivity contribution is -0.117. The summed E-state index contributed by atoms with van der Waals surface area (Å²) in [5, 5.41) is 6.68. The van der Waals surface area contributed by atoms with Crippen molar-refractivity contribution in [1.82, 2.24) is 20.3 Å². The van der Waals surface area contributed by atoms with E-state index in [-0.39, 0.29) is 46.9 Å². The van der Waals surface area contributed by atoms with E-state index >= 15 is 8.78 Å². The van der Waals surface area contributed by atoms with Crippen molar-refractivity contribution in [3.8, 4) is 22.8 Å². The van der Waals surface area contributed by atoms with Crippen molar-refractivity contribution in [2.75, 3.05) is 57.8 Å². The lowest BCUT2D eigenvalue weighted by atomic mass is 10.0. The number of carbonyl (C=O) groups excluding carboxylic acids is 1. The molecule has 13 heteroatoms. The monoisotopic (exact) mass is 556 g/mol. The van der Waals surface area contributed by atoms with Gasteiger partial charge in [0.25, 0.3) is 0 Å². The van der Waals surface area contributed by atoms with Gasteiger partial charge in [0, 0.05) is 44.5 Å². The number of rotatable bonds is 9. The maximum atomic E-state index is 15.4. The number of anilines is 2. The quantitative estimate of drug-likeness (QED) is 0.381. The SMILES string of the molecule is C=CC(=O)N[C@H]1CCOC[C@H]1Nc1ncc2cc(-c3c(F)c(OC)cc(OC)c3F)nc(N3CC(OC)C3)c2n1. The van der Waals surface area contributed by atoms with E-state index in [4.69, 9.17) is 23.9 Å². The highest BCUT2D eigenvalue weighted by Crippen LogP contribution is 2.39. The minimum Gasteiger partial charge on any atom is -0.494 e. The fourth-order valence-corrected chi connectivity index (χ4v) is 4.77. The fraction of sp³-hybridized carbons (Fsp3) is 0.407. The summed E-state index contributed by atoms with van der Waals surface area (Å²) in [6.07, 6.45) is 3.37. The normalized spacial score (nSPS) is 19.2. The molecule has 2 N–H and O–H groups in total. The Morgan fingerprint density at radius 2 is 1.85 bits per heavy atom. The summed E-state index contributed by atoms with van der Waals surface area (Å²) < 4.78 is 52.0. The molecule has 3 aromatic rings. The number of benzene rings is 1. The number of pyridine rings is 1. The molecule has 2 saturated heterocycles. The van der Waals surface area contributed by atoms with Crippen molar-refractivity contribution in [2.45, 2.75) is 24.6 Å². The molecule has 0 aliphatic carbocycles. The minimum atomic E-state index is -0.902. The zero-order chi connectivity index (χ0) is 28.4. The first-order chi connectivity index (χ1) is 19.4. The maximum absolute atomic E-state index is 15.4. The molecule has 1 amide bonds. The second kappa shape index (κ2) is 11.6. The number of carbonyl (C=O) groups is 1. The van der Waals surface area contributed by atoms with Crippen LogP contribution in [-0.2, 0) is 14.3 Å². The molecule has 2 aliphatic heterocycles. The lowest BCUT2D eigenvalue weighted by Gasteiger charge is -2.39. The topological polar surface area (TPSA) is 120 Å². The van der Waals surface area contributed by atoms with Gasteiger partial charge in [-0.15, -0.1) is 0 Å². The molecule has 212 valence electrons. The Morgan fingerprint density at radius 3 is 2.50 bits per heavy atom. The average molecular weight is 557 g/mol. The molecule has 0 unspecified atom stereocenters. The smallest absolute Gasteiger partial charge is 0.243 e. The number of hydrogen-bond acceptors (Lipinski definition) is 10. The average Bonchev–Trinajstić information content (AvgIpc) is 2.94. The molecule has 4 heterocycles. The molecule has 11 nitrogen and oxygen atoms in total. The third-order valence-corrected chi connectivity index (χ3v) is 7.04. The van der Waals surface area contributed by atoms with Gasteiger partial charge in [0.2, 0.25) is 11.9 Å². The van der Waals surface area contributed by atoms with Gasteiger partial charge in [-0.3, -0.25) is 4.79 Å². The molecule has 2 atom stereocenters. The molecular formula is C27H30F2N6O5. The summed E-state index contributed by atoms with van der Waals surface area (Å²) in [4.78, 5) is 27.6.